The molecule has 0 saturated carbocycles. The highest BCUT2D eigenvalue weighted by Crippen LogP contribution is 2.30. The molecule has 3 nitrogen and oxygen atoms in total. The molecule has 16 heavy (non-hydrogen) atoms. The Morgan fingerprint density at radius 1 is 1.31 bits per heavy atom. The van der Waals surface area contributed by atoms with Crippen LogP contribution < -0.4 is 4.74 Å². The number of thiazole rings is 1. The van der Waals surface area contributed by atoms with Gasteiger partial charge in [-0.3, -0.25) is 4.79 Å². The molecule has 2 rings (SSSR count). The third kappa shape index (κ3) is 2.52. The van der Waals surface area contributed by atoms with Crippen molar-refractivity contribution in [3.63, 3.8) is 0 Å². The minimum Gasteiger partial charge on any atom is -0.431 e. The summed E-state index contributed by atoms with van der Waals surface area (Å²) < 4.78 is 5.40. The van der Waals surface area contributed by atoms with E-state index in [4.69, 9.17) is 27.9 Å². The quantitative estimate of drug-likeness (QED) is 0.792. The molecular formula is C10H5Cl2NO2S. The van der Waals surface area contributed by atoms with Crippen molar-refractivity contribution < 1.29 is 9.53 Å². The van der Waals surface area contributed by atoms with E-state index in [-0.39, 0.29) is 0 Å². The molecule has 0 amide bonds. The number of hydrogen-bond acceptors (Lipinski definition) is 4. The Morgan fingerprint density at radius 3 is 2.75 bits per heavy atom. The van der Waals surface area contributed by atoms with Gasteiger partial charge in [0.05, 0.1) is 21.1 Å². The number of benzene rings is 1. The molecule has 0 fully saturated rings. The van der Waals surface area contributed by atoms with Crippen LogP contribution in [0.15, 0.2) is 24.4 Å². The van der Waals surface area contributed by atoms with Gasteiger partial charge in [0.15, 0.2) is 6.29 Å². The van der Waals surface area contributed by atoms with Gasteiger partial charge in [-0.25, -0.2) is 4.98 Å². The molecule has 0 N–H and O–H groups in total. The van der Waals surface area contributed by atoms with Gasteiger partial charge in [0.25, 0.3) is 5.19 Å². The summed E-state index contributed by atoms with van der Waals surface area (Å²) in [5, 5.41) is 1.26. The smallest absolute Gasteiger partial charge is 0.279 e. The lowest BCUT2D eigenvalue weighted by molar-refractivity contribution is 0.112. The Labute approximate surface area is 106 Å². The summed E-state index contributed by atoms with van der Waals surface area (Å²) in [4.78, 5) is 14.9. The van der Waals surface area contributed by atoms with Crippen LogP contribution in [0.4, 0.5) is 0 Å². The maximum atomic E-state index is 10.4. The third-order valence-electron chi connectivity index (χ3n) is 1.71. The summed E-state index contributed by atoms with van der Waals surface area (Å²) >= 11 is 12.8. The first kappa shape index (κ1) is 11.4. The minimum absolute atomic E-state index is 0.389. The number of carbonyl (C=O) groups excluding carboxylic acids is 1. The zero-order chi connectivity index (χ0) is 11.5. The molecule has 1 aromatic heterocycles. The van der Waals surface area contributed by atoms with Crippen molar-refractivity contribution in [1.82, 2.24) is 4.98 Å². The zero-order valence-electron chi connectivity index (χ0n) is 7.81. The van der Waals surface area contributed by atoms with Crippen molar-refractivity contribution in [3.05, 3.63) is 39.3 Å². The molecule has 0 saturated heterocycles. The van der Waals surface area contributed by atoms with Gasteiger partial charge in [0.2, 0.25) is 0 Å². The maximum absolute atomic E-state index is 10.4. The topological polar surface area (TPSA) is 39.2 Å². The Balaban J connectivity index is 2.20. The first-order chi connectivity index (χ1) is 7.69. The monoisotopic (exact) mass is 273 g/mol. The predicted octanol–water partition coefficient (Wildman–Crippen LogP) is 4.05. The van der Waals surface area contributed by atoms with Crippen molar-refractivity contribution >= 4 is 40.8 Å². The fraction of sp³-hybridized carbons (Fsp3) is 0. The predicted molar refractivity (Wildman–Crippen MR) is 64.0 cm³/mol. The number of halogens is 2. The highest BCUT2D eigenvalue weighted by Gasteiger charge is 2.05. The van der Waals surface area contributed by atoms with Gasteiger partial charge in [-0.2, -0.15) is 0 Å². The van der Waals surface area contributed by atoms with Crippen LogP contribution in [0.2, 0.25) is 10.0 Å². The second-order valence-electron chi connectivity index (χ2n) is 2.82. The summed E-state index contributed by atoms with van der Waals surface area (Å²) in [5.74, 6) is 0.529. The van der Waals surface area contributed by atoms with Crippen LogP contribution in [0.3, 0.4) is 0 Å². The number of aldehydes is 1. The van der Waals surface area contributed by atoms with E-state index < -0.39 is 0 Å². The summed E-state index contributed by atoms with van der Waals surface area (Å²) in [6, 6.07) is 4.90. The van der Waals surface area contributed by atoms with Crippen LogP contribution in [-0.2, 0) is 0 Å². The fourth-order valence-corrected chi connectivity index (χ4v) is 1.90. The largest absolute Gasteiger partial charge is 0.431 e. The van der Waals surface area contributed by atoms with Crippen LogP contribution in [0.5, 0.6) is 10.9 Å². The van der Waals surface area contributed by atoms with E-state index in [2.05, 4.69) is 4.98 Å². The summed E-state index contributed by atoms with van der Waals surface area (Å²) in [5.41, 5.74) is 0. The zero-order valence-corrected chi connectivity index (χ0v) is 10.1. The number of ether oxygens (including phenoxy) is 1. The minimum atomic E-state index is 0.389. The second-order valence-corrected chi connectivity index (χ2v) is 4.66. The van der Waals surface area contributed by atoms with Crippen LogP contribution in [-0.4, -0.2) is 11.3 Å². The van der Waals surface area contributed by atoms with Crippen molar-refractivity contribution in [3.8, 4) is 10.9 Å². The van der Waals surface area contributed by atoms with Crippen LogP contribution >= 0.6 is 34.5 Å². The Kier molecular flexibility index (Phi) is 3.43. The lowest BCUT2D eigenvalue weighted by Crippen LogP contribution is -1.82. The number of aromatic nitrogens is 1. The van der Waals surface area contributed by atoms with E-state index in [0.29, 0.717) is 25.9 Å². The number of rotatable bonds is 3. The first-order valence-corrected chi connectivity index (χ1v) is 5.80. The molecule has 0 bridgehead atoms. The standard InChI is InChI=1S/C10H5Cl2NO2S/c11-8-2-1-6(3-9(8)12)15-10-13-4-7(5-14)16-10/h1-5H. The molecule has 0 radical (unpaired) electrons. The van der Waals surface area contributed by atoms with E-state index in [1.54, 1.807) is 18.2 Å². The maximum Gasteiger partial charge on any atom is 0.279 e. The molecule has 2 aromatic rings. The summed E-state index contributed by atoms with van der Waals surface area (Å²) in [7, 11) is 0. The van der Waals surface area contributed by atoms with Gasteiger partial charge in [-0.15, -0.1) is 0 Å². The van der Waals surface area contributed by atoms with E-state index in [9.17, 15) is 4.79 Å². The van der Waals surface area contributed by atoms with Gasteiger partial charge in [0, 0.05) is 6.07 Å². The normalized spacial score (nSPS) is 10.1. The Morgan fingerprint density at radius 2 is 2.12 bits per heavy atom. The molecule has 6 heteroatoms. The highest BCUT2D eigenvalue weighted by atomic mass is 35.5. The molecule has 0 aliphatic heterocycles. The van der Waals surface area contributed by atoms with Crippen molar-refractivity contribution in [2.75, 3.05) is 0 Å². The van der Waals surface area contributed by atoms with Gasteiger partial charge < -0.3 is 4.74 Å². The first-order valence-electron chi connectivity index (χ1n) is 4.23. The van der Waals surface area contributed by atoms with Crippen LogP contribution in [0.25, 0.3) is 0 Å². The molecule has 1 heterocycles. The highest BCUT2D eigenvalue weighted by molar-refractivity contribution is 7.15. The van der Waals surface area contributed by atoms with Crippen molar-refractivity contribution in [2.24, 2.45) is 0 Å². The molecule has 1 aromatic carbocycles. The third-order valence-corrected chi connectivity index (χ3v) is 3.25. The van der Waals surface area contributed by atoms with Gasteiger partial charge in [-0.05, 0) is 12.1 Å². The molecular weight excluding hydrogens is 269 g/mol. The molecule has 0 unspecified atom stereocenters. The second kappa shape index (κ2) is 4.82. The lowest BCUT2D eigenvalue weighted by atomic mass is 10.3. The SMILES string of the molecule is O=Cc1cnc(Oc2ccc(Cl)c(Cl)c2)s1. The average molecular weight is 274 g/mol. The van der Waals surface area contributed by atoms with Crippen molar-refractivity contribution in [2.45, 2.75) is 0 Å². The van der Waals surface area contributed by atoms with Crippen LogP contribution in [0.1, 0.15) is 9.67 Å². The molecule has 82 valence electrons. The number of carbonyl (C=O) groups is 1. The lowest BCUT2D eigenvalue weighted by Gasteiger charge is -2.02. The van der Waals surface area contributed by atoms with Gasteiger partial charge in [0.1, 0.15) is 5.75 Å². The van der Waals surface area contributed by atoms with E-state index in [1.165, 1.54) is 6.20 Å². The summed E-state index contributed by atoms with van der Waals surface area (Å²) in [6.07, 6.45) is 2.17. The Bertz CT molecular complexity index is 527. The van der Waals surface area contributed by atoms with Crippen molar-refractivity contribution in [1.29, 1.82) is 0 Å². The molecule has 0 aliphatic carbocycles. The number of hydrogen-bond donors (Lipinski definition) is 0. The Hall–Kier alpha value is -1.10. The van der Waals surface area contributed by atoms with E-state index in [0.717, 1.165) is 17.6 Å². The van der Waals surface area contributed by atoms with Crippen LogP contribution in [0, 0.1) is 0 Å². The average Bonchev–Trinajstić information content (AvgIpc) is 2.71. The molecule has 0 spiro atoms. The molecule has 0 aliphatic rings. The van der Waals surface area contributed by atoms with E-state index in [1.807, 2.05) is 0 Å². The van der Waals surface area contributed by atoms with Gasteiger partial charge in [-0.1, -0.05) is 34.5 Å². The van der Waals surface area contributed by atoms with Gasteiger partial charge >= 0.3 is 0 Å². The fourth-order valence-electron chi connectivity index (χ4n) is 1.01. The van der Waals surface area contributed by atoms with E-state index >= 15 is 0 Å². The number of nitrogens with zero attached hydrogens (tertiary/aromatic N) is 1. The summed E-state index contributed by atoms with van der Waals surface area (Å²) in [6.45, 7) is 0. The molecule has 0 atom stereocenters.